The zero-order valence-electron chi connectivity index (χ0n) is 7.96. The Morgan fingerprint density at radius 2 is 2.21 bits per heavy atom. The predicted molar refractivity (Wildman–Crippen MR) is 60.5 cm³/mol. The number of hydrogen-bond acceptors (Lipinski definition) is 2. The van der Waals surface area contributed by atoms with Crippen LogP contribution in [0.1, 0.15) is 12.0 Å². The van der Waals surface area contributed by atoms with Crippen molar-refractivity contribution in [3.63, 3.8) is 0 Å². The minimum atomic E-state index is 0.319. The topological polar surface area (TPSA) is 32.3 Å². The normalized spacial score (nSPS) is 16.6. The van der Waals surface area contributed by atoms with Crippen molar-refractivity contribution in [2.45, 2.75) is 12.8 Å². The van der Waals surface area contributed by atoms with E-state index in [1.807, 2.05) is 12.1 Å². The minimum absolute atomic E-state index is 0.319. The lowest BCUT2D eigenvalue weighted by Gasteiger charge is -2.26. The predicted octanol–water partition coefficient (Wildman–Crippen LogP) is 2.31. The lowest BCUT2D eigenvalue weighted by molar-refractivity contribution is 0.328. The van der Waals surface area contributed by atoms with Crippen LogP contribution in [0, 0.1) is 5.92 Å². The van der Waals surface area contributed by atoms with Gasteiger partial charge in [0.2, 0.25) is 0 Å². The van der Waals surface area contributed by atoms with Crippen LogP contribution in [-0.4, -0.2) is 18.2 Å². The van der Waals surface area contributed by atoms with Gasteiger partial charge in [0.25, 0.3) is 0 Å². The molecule has 2 N–H and O–H groups in total. The zero-order valence-corrected chi connectivity index (χ0v) is 9.55. The smallest absolute Gasteiger partial charge is 0.129 e. The van der Waals surface area contributed by atoms with Crippen molar-refractivity contribution < 1.29 is 5.11 Å². The van der Waals surface area contributed by atoms with Gasteiger partial charge in [-0.05, 0) is 65.5 Å². The molecule has 1 aliphatic heterocycles. The van der Waals surface area contributed by atoms with Gasteiger partial charge in [0, 0.05) is 0 Å². The largest absolute Gasteiger partial charge is 0.507 e. The Bertz CT molecular complexity index is 323. The first-order valence-corrected chi connectivity index (χ1v) is 5.73. The van der Waals surface area contributed by atoms with Crippen molar-refractivity contribution in [3.8, 4) is 5.75 Å². The summed E-state index contributed by atoms with van der Waals surface area (Å²) in [6.45, 7) is 2.33. The van der Waals surface area contributed by atoms with E-state index >= 15 is 0 Å². The van der Waals surface area contributed by atoms with E-state index in [0.717, 1.165) is 16.8 Å². The molecule has 0 saturated carbocycles. The van der Waals surface area contributed by atoms with Gasteiger partial charge in [0.1, 0.15) is 5.75 Å². The molecule has 0 bridgehead atoms. The Morgan fingerprint density at radius 1 is 1.43 bits per heavy atom. The number of aryl methyl sites for hydroxylation is 1. The molecule has 76 valence electrons. The molecule has 0 atom stereocenters. The van der Waals surface area contributed by atoms with Gasteiger partial charge in [-0.2, -0.15) is 0 Å². The molecule has 0 radical (unpaired) electrons. The second kappa shape index (κ2) is 4.32. The van der Waals surface area contributed by atoms with Gasteiger partial charge >= 0.3 is 0 Å². The SMILES string of the molecule is Oc1ccc(CCC2CNC2)cc1Br. The molecule has 1 aliphatic rings. The molecule has 2 rings (SSSR count). The van der Waals surface area contributed by atoms with E-state index in [4.69, 9.17) is 0 Å². The maximum Gasteiger partial charge on any atom is 0.129 e. The standard InChI is InChI=1S/C11H14BrNO/c12-10-5-8(3-4-11(10)14)1-2-9-6-13-7-9/h3-5,9,13-14H,1-2,6-7H2. The average molecular weight is 256 g/mol. The molecule has 2 nitrogen and oxygen atoms in total. The highest BCUT2D eigenvalue weighted by Gasteiger charge is 2.15. The highest BCUT2D eigenvalue weighted by atomic mass is 79.9. The number of nitrogens with one attached hydrogen (secondary N) is 1. The van der Waals surface area contributed by atoms with Crippen LogP contribution in [0.2, 0.25) is 0 Å². The van der Waals surface area contributed by atoms with Gasteiger partial charge in [-0.1, -0.05) is 6.07 Å². The van der Waals surface area contributed by atoms with Crippen molar-refractivity contribution in [1.82, 2.24) is 5.32 Å². The Morgan fingerprint density at radius 3 is 2.79 bits per heavy atom. The van der Waals surface area contributed by atoms with Crippen LogP contribution in [-0.2, 0) is 6.42 Å². The molecule has 0 unspecified atom stereocenters. The average Bonchev–Trinajstić information content (AvgIpc) is 2.08. The van der Waals surface area contributed by atoms with Gasteiger partial charge in [0.05, 0.1) is 4.47 Å². The number of benzene rings is 1. The molecule has 14 heavy (non-hydrogen) atoms. The Labute approximate surface area is 92.5 Å². The van der Waals surface area contributed by atoms with E-state index in [1.165, 1.54) is 25.1 Å². The summed E-state index contributed by atoms with van der Waals surface area (Å²) in [5.74, 6) is 1.17. The molecule has 0 aliphatic carbocycles. The molecule has 0 amide bonds. The number of hydrogen-bond donors (Lipinski definition) is 2. The first-order valence-electron chi connectivity index (χ1n) is 4.94. The molecule has 1 fully saturated rings. The van der Waals surface area contributed by atoms with Crippen LogP contribution in [0.15, 0.2) is 22.7 Å². The first kappa shape index (κ1) is 9.99. The van der Waals surface area contributed by atoms with Crippen molar-refractivity contribution >= 4 is 15.9 Å². The number of halogens is 1. The van der Waals surface area contributed by atoms with Crippen molar-refractivity contribution in [2.75, 3.05) is 13.1 Å². The van der Waals surface area contributed by atoms with E-state index in [1.54, 1.807) is 6.07 Å². The van der Waals surface area contributed by atoms with E-state index < -0.39 is 0 Å². The van der Waals surface area contributed by atoms with Gasteiger partial charge in [0.15, 0.2) is 0 Å². The quantitative estimate of drug-likeness (QED) is 0.869. The Kier molecular flexibility index (Phi) is 3.08. The van der Waals surface area contributed by atoms with Crippen LogP contribution >= 0.6 is 15.9 Å². The van der Waals surface area contributed by atoms with E-state index in [2.05, 4.69) is 21.2 Å². The van der Waals surface area contributed by atoms with E-state index in [9.17, 15) is 5.11 Å². The maximum atomic E-state index is 9.32. The molecule has 1 heterocycles. The van der Waals surface area contributed by atoms with Crippen LogP contribution in [0.3, 0.4) is 0 Å². The highest BCUT2D eigenvalue weighted by molar-refractivity contribution is 9.10. The molecule has 3 heteroatoms. The fourth-order valence-electron chi connectivity index (χ4n) is 1.63. The van der Waals surface area contributed by atoms with Crippen LogP contribution < -0.4 is 5.32 Å². The highest BCUT2D eigenvalue weighted by Crippen LogP contribution is 2.25. The molecule has 0 spiro atoms. The summed E-state index contributed by atoms with van der Waals surface area (Å²) in [5, 5.41) is 12.6. The lowest BCUT2D eigenvalue weighted by atomic mass is 9.95. The summed E-state index contributed by atoms with van der Waals surface area (Å²) in [4.78, 5) is 0. The summed E-state index contributed by atoms with van der Waals surface area (Å²) in [7, 11) is 0. The van der Waals surface area contributed by atoms with Gasteiger partial charge in [-0.25, -0.2) is 0 Å². The summed E-state index contributed by atoms with van der Waals surface area (Å²) < 4.78 is 0.793. The van der Waals surface area contributed by atoms with Crippen molar-refractivity contribution in [3.05, 3.63) is 28.2 Å². The number of phenolic OH excluding ortho intramolecular Hbond substituents is 1. The Hall–Kier alpha value is -0.540. The lowest BCUT2D eigenvalue weighted by Crippen LogP contribution is -2.42. The molecule has 1 aromatic carbocycles. The summed E-state index contributed by atoms with van der Waals surface area (Å²) in [5.41, 5.74) is 1.29. The van der Waals surface area contributed by atoms with Crippen molar-refractivity contribution in [1.29, 1.82) is 0 Å². The summed E-state index contributed by atoms with van der Waals surface area (Å²) >= 11 is 3.32. The van der Waals surface area contributed by atoms with Crippen LogP contribution in [0.5, 0.6) is 5.75 Å². The van der Waals surface area contributed by atoms with Crippen LogP contribution in [0.4, 0.5) is 0 Å². The number of rotatable bonds is 3. The number of phenols is 1. The minimum Gasteiger partial charge on any atom is -0.507 e. The fourth-order valence-corrected chi connectivity index (χ4v) is 2.06. The van der Waals surface area contributed by atoms with E-state index in [-0.39, 0.29) is 0 Å². The van der Waals surface area contributed by atoms with Crippen LogP contribution in [0.25, 0.3) is 0 Å². The molecule has 1 aromatic rings. The molecule has 1 saturated heterocycles. The van der Waals surface area contributed by atoms with Gasteiger partial charge in [-0.15, -0.1) is 0 Å². The van der Waals surface area contributed by atoms with Gasteiger partial charge in [-0.3, -0.25) is 0 Å². The molecular weight excluding hydrogens is 242 g/mol. The zero-order chi connectivity index (χ0) is 9.97. The third kappa shape index (κ3) is 2.28. The van der Waals surface area contributed by atoms with E-state index in [0.29, 0.717) is 5.75 Å². The third-order valence-corrected chi connectivity index (χ3v) is 3.35. The summed E-state index contributed by atoms with van der Waals surface area (Å²) in [6, 6.07) is 5.74. The summed E-state index contributed by atoms with van der Waals surface area (Å²) in [6.07, 6.45) is 2.34. The van der Waals surface area contributed by atoms with Crippen molar-refractivity contribution in [2.24, 2.45) is 5.92 Å². The maximum absolute atomic E-state index is 9.32. The fraction of sp³-hybridized carbons (Fsp3) is 0.455. The van der Waals surface area contributed by atoms with Gasteiger partial charge < -0.3 is 10.4 Å². The molecular formula is C11H14BrNO. The first-order chi connectivity index (χ1) is 6.75. The second-order valence-electron chi connectivity index (χ2n) is 3.85. The number of aromatic hydroxyl groups is 1. The monoisotopic (exact) mass is 255 g/mol. The molecule has 0 aromatic heterocycles. The second-order valence-corrected chi connectivity index (χ2v) is 4.70. The third-order valence-electron chi connectivity index (χ3n) is 2.72. The Balaban J connectivity index is 1.91.